The molecule has 0 N–H and O–H groups in total. The number of hydrogen-bond acceptors (Lipinski definition) is 5. The van der Waals surface area contributed by atoms with Crippen molar-refractivity contribution in [3.63, 3.8) is 0 Å². The minimum absolute atomic E-state index is 0.329. The van der Waals surface area contributed by atoms with Gasteiger partial charge in [-0.15, -0.1) is 0 Å². The number of halogens is 1. The number of nitrogens with zero attached hydrogens (tertiary/aromatic N) is 2. The Morgan fingerprint density at radius 3 is 2.19 bits per heavy atom. The number of ether oxygens (including phenoxy) is 1. The van der Waals surface area contributed by atoms with E-state index in [9.17, 15) is 9.59 Å². The third-order valence-electron chi connectivity index (χ3n) is 6.02. The number of carbonyl (C=O) groups excluding carboxylic acids is 2. The number of para-hydroxylation sites is 2. The minimum atomic E-state index is -0.939. The highest BCUT2D eigenvalue weighted by atomic mass is 35.5. The van der Waals surface area contributed by atoms with E-state index >= 15 is 0 Å². The summed E-state index contributed by atoms with van der Waals surface area (Å²) in [6.07, 6.45) is -0.939. The molecule has 6 nitrogen and oxygen atoms in total. The van der Waals surface area contributed by atoms with Crippen LogP contribution in [-0.2, 0) is 14.4 Å². The van der Waals surface area contributed by atoms with Gasteiger partial charge in [0.2, 0.25) is 5.91 Å². The third-order valence-corrected chi connectivity index (χ3v) is 6.34. The predicted octanol–water partition coefficient (Wildman–Crippen LogP) is 4.71. The van der Waals surface area contributed by atoms with Gasteiger partial charge in [0.15, 0.2) is 6.10 Å². The Morgan fingerprint density at radius 1 is 0.875 bits per heavy atom. The van der Waals surface area contributed by atoms with Crippen LogP contribution >= 0.6 is 11.6 Å². The third kappa shape index (κ3) is 3.15. The molecule has 2 fully saturated rings. The molecular formula is C25H21ClN2O4. The fourth-order valence-electron chi connectivity index (χ4n) is 4.44. The van der Waals surface area contributed by atoms with Crippen molar-refractivity contribution in [3.05, 3.63) is 88.9 Å². The maximum absolute atomic E-state index is 13.6. The molecule has 0 saturated carbocycles. The molecule has 5 rings (SSSR count). The van der Waals surface area contributed by atoms with Crippen molar-refractivity contribution >= 4 is 34.8 Å². The van der Waals surface area contributed by atoms with Gasteiger partial charge in [-0.3, -0.25) is 14.4 Å². The Kier molecular flexibility index (Phi) is 5.12. The number of hydrogen-bond donors (Lipinski definition) is 0. The van der Waals surface area contributed by atoms with E-state index in [1.54, 1.807) is 36.4 Å². The Bertz CT molecular complexity index is 1200. The molecule has 32 heavy (non-hydrogen) atoms. The first-order chi connectivity index (χ1) is 15.5. The first kappa shape index (κ1) is 20.5. The second-order valence-electron chi connectivity index (χ2n) is 7.85. The van der Waals surface area contributed by atoms with E-state index in [-0.39, 0.29) is 5.91 Å². The molecule has 3 aromatic rings. The van der Waals surface area contributed by atoms with E-state index in [1.807, 2.05) is 55.5 Å². The Morgan fingerprint density at radius 2 is 1.53 bits per heavy atom. The van der Waals surface area contributed by atoms with Gasteiger partial charge in [0.05, 0.1) is 29.5 Å². The summed E-state index contributed by atoms with van der Waals surface area (Å²) in [6.45, 7) is 1.97. The molecule has 2 heterocycles. The van der Waals surface area contributed by atoms with Gasteiger partial charge in [0, 0.05) is 0 Å². The van der Waals surface area contributed by atoms with E-state index in [4.69, 9.17) is 21.2 Å². The molecule has 2 aliphatic heterocycles. The first-order valence-electron chi connectivity index (χ1n) is 10.3. The van der Waals surface area contributed by atoms with E-state index in [2.05, 4.69) is 0 Å². The normalized spacial score (nSPS) is 22.4. The average Bonchev–Trinajstić information content (AvgIpc) is 3.31. The fraction of sp³-hybridized carbons (Fsp3) is 0.200. The standard InChI is InChI=1S/C25H21ClN2O4/c1-15-7-3-5-9-19(15)28-22(16-11-13-17(31-2)14-12-16)21-23(32-28)25(30)27(24(21)29)20-10-6-4-8-18(20)26/h3-14,21-23H,1-2H3/t21-,22-,23-/m1/s1. The average molecular weight is 449 g/mol. The largest absolute Gasteiger partial charge is 0.497 e. The molecule has 0 bridgehead atoms. The lowest BCUT2D eigenvalue weighted by Crippen LogP contribution is -2.37. The number of aryl methyl sites for hydroxylation is 1. The number of rotatable bonds is 4. The van der Waals surface area contributed by atoms with Crippen LogP contribution in [0.1, 0.15) is 17.2 Å². The van der Waals surface area contributed by atoms with Crippen LogP contribution in [0.25, 0.3) is 0 Å². The van der Waals surface area contributed by atoms with Gasteiger partial charge in [-0.25, -0.2) is 9.96 Å². The summed E-state index contributed by atoms with van der Waals surface area (Å²) in [7, 11) is 1.60. The quantitative estimate of drug-likeness (QED) is 0.541. The molecule has 0 aliphatic carbocycles. The van der Waals surface area contributed by atoms with Gasteiger partial charge in [0.25, 0.3) is 5.91 Å². The van der Waals surface area contributed by atoms with Crippen molar-refractivity contribution in [1.29, 1.82) is 0 Å². The Labute approximate surface area is 190 Å². The highest BCUT2D eigenvalue weighted by molar-refractivity contribution is 6.36. The Balaban J connectivity index is 1.61. The highest BCUT2D eigenvalue weighted by Gasteiger charge is 2.60. The molecule has 2 amide bonds. The molecule has 0 spiro atoms. The van der Waals surface area contributed by atoms with Crippen LogP contribution in [0.15, 0.2) is 72.8 Å². The van der Waals surface area contributed by atoms with Crippen molar-refractivity contribution in [2.45, 2.75) is 19.1 Å². The van der Waals surface area contributed by atoms with Crippen LogP contribution in [0.4, 0.5) is 11.4 Å². The van der Waals surface area contributed by atoms with Crippen molar-refractivity contribution in [2.24, 2.45) is 5.92 Å². The maximum Gasteiger partial charge on any atom is 0.266 e. The van der Waals surface area contributed by atoms with Crippen LogP contribution < -0.4 is 14.7 Å². The maximum atomic E-state index is 13.6. The lowest BCUT2D eigenvalue weighted by molar-refractivity contribution is -0.126. The topological polar surface area (TPSA) is 59.1 Å². The molecular weight excluding hydrogens is 428 g/mol. The molecule has 7 heteroatoms. The molecule has 2 aliphatic rings. The lowest BCUT2D eigenvalue weighted by Gasteiger charge is -2.30. The molecule has 2 saturated heterocycles. The zero-order valence-electron chi connectivity index (χ0n) is 17.6. The summed E-state index contributed by atoms with van der Waals surface area (Å²) in [5, 5.41) is 2.04. The van der Waals surface area contributed by atoms with E-state index in [0.717, 1.165) is 21.7 Å². The van der Waals surface area contributed by atoms with E-state index in [1.165, 1.54) is 0 Å². The second-order valence-corrected chi connectivity index (χ2v) is 8.25. The van der Waals surface area contributed by atoms with Gasteiger partial charge in [-0.1, -0.05) is 54.1 Å². The van der Waals surface area contributed by atoms with Crippen LogP contribution in [0.5, 0.6) is 5.75 Å². The summed E-state index contributed by atoms with van der Waals surface area (Å²) in [5.74, 6) is -0.752. The number of imide groups is 1. The van der Waals surface area contributed by atoms with Crippen LogP contribution in [0, 0.1) is 12.8 Å². The number of fused-ring (bicyclic) bond motifs is 1. The minimum Gasteiger partial charge on any atom is -0.497 e. The summed E-state index contributed by atoms with van der Waals surface area (Å²) >= 11 is 6.31. The zero-order chi connectivity index (χ0) is 22.4. The predicted molar refractivity (Wildman–Crippen MR) is 122 cm³/mol. The number of carbonyl (C=O) groups is 2. The van der Waals surface area contributed by atoms with Crippen LogP contribution in [0.3, 0.4) is 0 Å². The first-order valence-corrected chi connectivity index (χ1v) is 10.7. The number of methoxy groups -OCH3 is 1. The lowest BCUT2D eigenvalue weighted by atomic mass is 9.90. The molecule has 0 aromatic heterocycles. The SMILES string of the molecule is COc1ccc([C@@H]2[C@H]3C(=O)N(c4ccccc4Cl)C(=O)[C@@H]3ON2c2ccccc2C)cc1. The molecule has 162 valence electrons. The van der Waals surface area contributed by atoms with Gasteiger partial charge in [0.1, 0.15) is 11.7 Å². The van der Waals surface area contributed by atoms with Gasteiger partial charge >= 0.3 is 0 Å². The number of anilines is 2. The van der Waals surface area contributed by atoms with Crippen molar-refractivity contribution in [3.8, 4) is 5.75 Å². The van der Waals surface area contributed by atoms with Gasteiger partial charge in [-0.2, -0.15) is 0 Å². The smallest absolute Gasteiger partial charge is 0.266 e. The van der Waals surface area contributed by atoms with Crippen molar-refractivity contribution < 1.29 is 19.2 Å². The summed E-state index contributed by atoms with van der Waals surface area (Å²) in [4.78, 5) is 34.4. The molecule has 0 unspecified atom stereocenters. The monoisotopic (exact) mass is 448 g/mol. The van der Waals surface area contributed by atoms with Crippen LogP contribution in [-0.4, -0.2) is 25.0 Å². The van der Waals surface area contributed by atoms with Gasteiger partial charge in [-0.05, 0) is 48.4 Å². The number of benzene rings is 3. The van der Waals surface area contributed by atoms with Crippen LogP contribution in [0.2, 0.25) is 5.02 Å². The Hall–Kier alpha value is -3.35. The number of amides is 2. The van der Waals surface area contributed by atoms with Crippen molar-refractivity contribution in [2.75, 3.05) is 17.1 Å². The van der Waals surface area contributed by atoms with Gasteiger partial charge < -0.3 is 4.74 Å². The summed E-state index contributed by atoms with van der Waals surface area (Å²) in [5.41, 5.74) is 3.02. The highest BCUT2D eigenvalue weighted by Crippen LogP contribution is 2.48. The van der Waals surface area contributed by atoms with E-state index in [0.29, 0.717) is 16.5 Å². The molecule has 3 atom stereocenters. The fourth-order valence-corrected chi connectivity index (χ4v) is 4.66. The van der Waals surface area contributed by atoms with Crippen molar-refractivity contribution in [1.82, 2.24) is 0 Å². The summed E-state index contributed by atoms with van der Waals surface area (Å²) in [6, 6.07) is 21.6. The number of hydroxylamine groups is 1. The molecule has 0 radical (unpaired) electrons. The molecule has 3 aromatic carbocycles. The van der Waals surface area contributed by atoms with E-state index < -0.39 is 24.0 Å². The summed E-state index contributed by atoms with van der Waals surface area (Å²) < 4.78 is 5.29. The second kappa shape index (κ2) is 7.97. The zero-order valence-corrected chi connectivity index (χ0v) is 18.3.